The van der Waals surface area contributed by atoms with Crippen LogP contribution >= 0.6 is 7.60 Å². The molecule has 1 atom stereocenters. The molecule has 0 bridgehead atoms. The van der Waals surface area contributed by atoms with Gasteiger partial charge in [0, 0.05) is 13.1 Å². The van der Waals surface area contributed by atoms with Crippen LogP contribution in [-0.2, 0) is 23.1 Å². The van der Waals surface area contributed by atoms with E-state index < -0.39 is 13.3 Å². The molecule has 0 radical (unpaired) electrons. The van der Waals surface area contributed by atoms with Crippen molar-refractivity contribution in [2.24, 2.45) is 0 Å². The molecule has 1 aliphatic rings. The van der Waals surface area contributed by atoms with E-state index in [0.717, 1.165) is 19.3 Å². The molecule has 0 saturated carbocycles. The molecular formula is C22H44NO5P. The topological polar surface area (TPSA) is 65.1 Å². The summed E-state index contributed by atoms with van der Waals surface area (Å²) in [6, 6.07) is 0. The molecule has 1 fully saturated rings. The molecule has 0 aromatic carbocycles. The lowest BCUT2D eigenvalue weighted by Gasteiger charge is -2.34. The first-order valence-electron chi connectivity index (χ1n) is 11.6. The lowest BCUT2D eigenvalue weighted by atomic mass is 10.1. The van der Waals surface area contributed by atoms with Gasteiger partial charge in [-0.15, -0.1) is 0 Å². The summed E-state index contributed by atoms with van der Waals surface area (Å²) in [5.74, 6) is -0.110. The van der Waals surface area contributed by atoms with Crippen LogP contribution in [0.3, 0.4) is 0 Å². The number of amides is 1. The summed E-state index contributed by atoms with van der Waals surface area (Å²) in [6.07, 6.45) is 9.43. The Balaban J connectivity index is 2.75. The number of carbonyl (C=O) groups is 1. The van der Waals surface area contributed by atoms with E-state index in [4.69, 9.17) is 13.8 Å². The summed E-state index contributed by atoms with van der Waals surface area (Å²) < 4.78 is 30.7. The van der Waals surface area contributed by atoms with Crippen molar-refractivity contribution >= 4 is 13.5 Å². The predicted octanol–water partition coefficient (Wildman–Crippen LogP) is 5.79. The Hall–Kier alpha value is -0.420. The first-order valence-corrected chi connectivity index (χ1v) is 13.2. The van der Waals surface area contributed by atoms with Gasteiger partial charge in [0.2, 0.25) is 5.91 Å². The van der Waals surface area contributed by atoms with E-state index in [9.17, 15) is 9.36 Å². The third-order valence-corrected chi connectivity index (χ3v) is 7.71. The van der Waals surface area contributed by atoms with Crippen LogP contribution in [0.15, 0.2) is 0 Å². The summed E-state index contributed by atoms with van der Waals surface area (Å²) in [4.78, 5) is 15.0. The molecule has 0 aromatic rings. The van der Waals surface area contributed by atoms with Crippen molar-refractivity contribution in [3.05, 3.63) is 0 Å². The average molecular weight is 434 g/mol. The van der Waals surface area contributed by atoms with Crippen LogP contribution < -0.4 is 0 Å². The fourth-order valence-electron chi connectivity index (χ4n) is 3.64. The van der Waals surface area contributed by atoms with Crippen LogP contribution in [0.1, 0.15) is 92.4 Å². The van der Waals surface area contributed by atoms with Gasteiger partial charge in [0.1, 0.15) is 5.66 Å². The van der Waals surface area contributed by atoms with Crippen LogP contribution in [0.25, 0.3) is 0 Å². The molecule has 1 heterocycles. The molecule has 0 spiro atoms. The summed E-state index contributed by atoms with van der Waals surface area (Å²) >= 11 is 0. The highest BCUT2D eigenvalue weighted by Crippen LogP contribution is 2.57. The molecule has 1 rings (SSSR count). The Kier molecular flexibility index (Phi) is 13.4. The monoisotopic (exact) mass is 433 g/mol. The Morgan fingerprint density at radius 2 is 1.38 bits per heavy atom. The predicted molar refractivity (Wildman–Crippen MR) is 118 cm³/mol. The second-order valence-electron chi connectivity index (χ2n) is 8.57. The number of morpholine rings is 1. The van der Waals surface area contributed by atoms with Crippen LogP contribution in [0.2, 0.25) is 0 Å². The normalized spacial score (nSPS) is 16.6. The van der Waals surface area contributed by atoms with Gasteiger partial charge in [-0.25, -0.2) is 0 Å². The van der Waals surface area contributed by atoms with Gasteiger partial charge in [0.15, 0.2) is 0 Å². The summed E-state index contributed by atoms with van der Waals surface area (Å²) in [7, 11) is -3.57. The average Bonchev–Trinajstić information content (AvgIpc) is 2.65. The van der Waals surface area contributed by atoms with E-state index in [2.05, 4.69) is 6.92 Å². The standard InChI is InChI=1S/C22H44NO5P/c1-6-7-8-9-10-11-12-13-14-21(22(24)23-15-17-26-18-16-23)29(25,27-19(2)3)28-20(4)5/h19-21H,6-18H2,1-5H3. The van der Waals surface area contributed by atoms with Crippen molar-refractivity contribution < 1.29 is 23.1 Å². The molecule has 0 aliphatic carbocycles. The minimum atomic E-state index is -3.57. The molecule has 0 N–H and O–H groups in total. The number of carbonyl (C=O) groups excluding carboxylic acids is 1. The number of hydrogen-bond acceptors (Lipinski definition) is 5. The van der Waals surface area contributed by atoms with Crippen LogP contribution in [0, 0.1) is 0 Å². The largest absolute Gasteiger partial charge is 0.378 e. The van der Waals surface area contributed by atoms with Crippen LogP contribution in [-0.4, -0.2) is 55.0 Å². The Labute approximate surface area is 178 Å². The smallest absolute Gasteiger partial charge is 0.343 e. The quantitative estimate of drug-likeness (QED) is 0.242. The fourth-order valence-corrected chi connectivity index (χ4v) is 6.09. The van der Waals surface area contributed by atoms with Crippen LogP contribution in [0.5, 0.6) is 0 Å². The van der Waals surface area contributed by atoms with Gasteiger partial charge >= 0.3 is 7.60 Å². The zero-order valence-electron chi connectivity index (χ0n) is 19.4. The Bertz CT molecular complexity index is 478. The molecule has 6 nitrogen and oxygen atoms in total. The number of unbranched alkanes of at least 4 members (excludes halogenated alkanes) is 7. The maximum absolute atomic E-state index is 13.7. The Morgan fingerprint density at radius 1 is 0.897 bits per heavy atom. The molecular weight excluding hydrogens is 389 g/mol. The van der Waals surface area contributed by atoms with Crippen molar-refractivity contribution in [3.8, 4) is 0 Å². The second kappa shape index (κ2) is 14.6. The molecule has 1 amide bonds. The third kappa shape index (κ3) is 10.4. The number of rotatable bonds is 15. The van der Waals surface area contributed by atoms with Crippen molar-refractivity contribution in [1.29, 1.82) is 0 Å². The van der Waals surface area contributed by atoms with E-state index in [1.165, 1.54) is 32.1 Å². The molecule has 1 unspecified atom stereocenters. The highest BCUT2D eigenvalue weighted by atomic mass is 31.2. The number of nitrogens with zero attached hydrogens (tertiary/aromatic N) is 1. The number of ether oxygens (including phenoxy) is 1. The minimum absolute atomic E-state index is 0.110. The zero-order chi connectivity index (χ0) is 21.7. The zero-order valence-corrected chi connectivity index (χ0v) is 20.3. The van der Waals surface area contributed by atoms with Crippen molar-refractivity contribution in [2.45, 2.75) is 110 Å². The molecule has 1 aliphatic heterocycles. The first kappa shape index (κ1) is 26.6. The second-order valence-corrected chi connectivity index (χ2v) is 10.7. The van der Waals surface area contributed by atoms with Gasteiger partial charge in [0.05, 0.1) is 25.4 Å². The van der Waals surface area contributed by atoms with E-state index in [1.54, 1.807) is 4.90 Å². The lowest BCUT2D eigenvalue weighted by molar-refractivity contribution is -0.135. The molecule has 0 aromatic heterocycles. The van der Waals surface area contributed by atoms with Gasteiger partial charge in [-0.3, -0.25) is 9.36 Å². The van der Waals surface area contributed by atoms with Crippen molar-refractivity contribution in [2.75, 3.05) is 26.3 Å². The van der Waals surface area contributed by atoms with Gasteiger partial charge in [-0.2, -0.15) is 0 Å². The molecule has 172 valence electrons. The maximum Gasteiger partial charge on any atom is 0.343 e. The van der Waals surface area contributed by atoms with Gasteiger partial charge < -0.3 is 18.7 Å². The van der Waals surface area contributed by atoms with Gasteiger partial charge in [-0.05, 0) is 34.1 Å². The first-order chi connectivity index (χ1) is 13.8. The maximum atomic E-state index is 13.7. The summed E-state index contributed by atoms with van der Waals surface area (Å²) in [5.41, 5.74) is -0.731. The lowest BCUT2D eigenvalue weighted by Crippen LogP contribution is -2.46. The Morgan fingerprint density at radius 3 is 1.86 bits per heavy atom. The highest BCUT2D eigenvalue weighted by Gasteiger charge is 2.44. The van der Waals surface area contributed by atoms with Crippen molar-refractivity contribution in [3.63, 3.8) is 0 Å². The van der Waals surface area contributed by atoms with E-state index in [1.807, 2.05) is 27.7 Å². The van der Waals surface area contributed by atoms with Crippen molar-refractivity contribution in [1.82, 2.24) is 4.90 Å². The van der Waals surface area contributed by atoms with Gasteiger partial charge in [0.25, 0.3) is 0 Å². The number of hydrogen-bond donors (Lipinski definition) is 0. The molecule has 7 heteroatoms. The fraction of sp³-hybridized carbons (Fsp3) is 0.955. The molecule has 29 heavy (non-hydrogen) atoms. The van der Waals surface area contributed by atoms with Gasteiger partial charge in [-0.1, -0.05) is 58.3 Å². The van der Waals surface area contributed by atoms with Crippen LogP contribution in [0.4, 0.5) is 0 Å². The van der Waals surface area contributed by atoms with E-state index >= 15 is 0 Å². The summed E-state index contributed by atoms with van der Waals surface area (Å²) in [5, 5.41) is 0. The summed E-state index contributed by atoms with van der Waals surface area (Å²) in [6.45, 7) is 11.7. The SMILES string of the molecule is CCCCCCCCCCC(C(=O)N1CCOCC1)P(=O)(OC(C)C)OC(C)C. The van der Waals surface area contributed by atoms with E-state index in [-0.39, 0.29) is 18.1 Å². The molecule has 1 saturated heterocycles. The highest BCUT2D eigenvalue weighted by molar-refractivity contribution is 7.55. The minimum Gasteiger partial charge on any atom is -0.378 e. The van der Waals surface area contributed by atoms with E-state index in [0.29, 0.717) is 32.7 Å². The third-order valence-electron chi connectivity index (χ3n) is 5.04.